The van der Waals surface area contributed by atoms with Gasteiger partial charge in [0, 0.05) is 44.5 Å². The minimum Gasteiger partial charge on any atom is -0.366 e. The number of carbonyl (C=O) groups is 1. The highest BCUT2D eigenvalue weighted by Crippen LogP contribution is 2.32. The number of amides is 1. The molecule has 2 N–H and O–H groups in total. The predicted molar refractivity (Wildman–Crippen MR) is 165 cm³/mol. The van der Waals surface area contributed by atoms with Crippen molar-refractivity contribution < 1.29 is 4.79 Å². The van der Waals surface area contributed by atoms with Gasteiger partial charge in [0.05, 0.1) is 12.1 Å². The van der Waals surface area contributed by atoms with Crippen LogP contribution in [0.1, 0.15) is 50.7 Å². The molecule has 2 aromatic carbocycles. The molecule has 3 saturated heterocycles. The summed E-state index contributed by atoms with van der Waals surface area (Å²) < 4.78 is 0. The zero-order chi connectivity index (χ0) is 28.3. The van der Waals surface area contributed by atoms with Crippen molar-refractivity contribution in [3.05, 3.63) is 78.1 Å². The van der Waals surface area contributed by atoms with E-state index in [1.54, 1.807) is 6.33 Å². The van der Waals surface area contributed by atoms with E-state index in [2.05, 4.69) is 85.5 Å². The van der Waals surface area contributed by atoms with Gasteiger partial charge in [-0.25, -0.2) is 9.97 Å². The van der Waals surface area contributed by atoms with Gasteiger partial charge in [0.1, 0.15) is 18.0 Å². The summed E-state index contributed by atoms with van der Waals surface area (Å²) in [7, 11) is 0. The van der Waals surface area contributed by atoms with Crippen LogP contribution in [0.2, 0.25) is 0 Å². The third-order valence-corrected chi connectivity index (χ3v) is 9.16. The van der Waals surface area contributed by atoms with Crippen molar-refractivity contribution in [3.8, 4) is 0 Å². The summed E-state index contributed by atoms with van der Waals surface area (Å²) in [5.41, 5.74) is 3.95. The van der Waals surface area contributed by atoms with Crippen molar-refractivity contribution in [3.63, 3.8) is 0 Å². The molecule has 8 heteroatoms. The summed E-state index contributed by atoms with van der Waals surface area (Å²) in [5, 5.41) is 6.78. The quantitative estimate of drug-likeness (QED) is 0.440. The molecule has 0 saturated carbocycles. The van der Waals surface area contributed by atoms with Crippen molar-refractivity contribution in [2.45, 2.75) is 58.2 Å². The number of likely N-dealkylation sites (tertiary alicyclic amines) is 1. The fourth-order valence-corrected chi connectivity index (χ4v) is 6.39. The number of anilines is 3. The monoisotopic (exact) mass is 553 g/mol. The Morgan fingerprint density at radius 1 is 0.854 bits per heavy atom. The highest BCUT2D eigenvalue weighted by Gasteiger charge is 2.41. The summed E-state index contributed by atoms with van der Waals surface area (Å²) in [6.45, 7) is 11.7. The van der Waals surface area contributed by atoms with E-state index in [0.29, 0.717) is 12.0 Å². The molecular weight excluding hydrogens is 510 g/mol. The molecule has 8 nitrogen and oxygen atoms in total. The van der Waals surface area contributed by atoms with Gasteiger partial charge in [-0.15, -0.1) is 0 Å². The molecule has 216 valence electrons. The number of carbonyl (C=O) groups excluding carboxylic acids is 1. The standard InChI is InChI=1S/C33H43N7O/c1-32(2)12-16-38(17-13-32)22-27-8-10-28(11-9-27)40-23-31(41)37-33(24-40)14-18-39(19-15-33)30-20-29(35-25-36-30)34-21-26-6-4-3-5-7-26/h3-11,20,25H,12-19,21-24H2,1-2H3,(H,37,41)(H,34,35,36). The van der Waals surface area contributed by atoms with E-state index < -0.39 is 0 Å². The van der Waals surface area contributed by atoms with Crippen LogP contribution in [-0.2, 0) is 17.9 Å². The molecule has 4 heterocycles. The van der Waals surface area contributed by atoms with Crippen molar-refractivity contribution >= 4 is 23.2 Å². The summed E-state index contributed by atoms with van der Waals surface area (Å²) in [4.78, 5) is 29.0. The Kier molecular flexibility index (Phi) is 7.84. The average Bonchev–Trinajstić information content (AvgIpc) is 2.98. The Morgan fingerprint density at radius 3 is 2.32 bits per heavy atom. The first-order valence-electron chi connectivity index (χ1n) is 15.1. The van der Waals surface area contributed by atoms with Crippen LogP contribution in [0.5, 0.6) is 0 Å². The molecule has 1 aromatic heterocycles. The van der Waals surface area contributed by atoms with Gasteiger partial charge in [0.25, 0.3) is 0 Å². The lowest BCUT2D eigenvalue weighted by molar-refractivity contribution is -0.123. The maximum atomic E-state index is 12.9. The van der Waals surface area contributed by atoms with E-state index in [1.807, 2.05) is 24.3 Å². The number of nitrogens with one attached hydrogen (secondary N) is 2. The van der Waals surface area contributed by atoms with E-state index in [1.165, 1.54) is 37.1 Å². The number of rotatable bonds is 7. The highest BCUT2D eigenvalue weighted by molar-refractivity contribution is 5.84. The van der Waals surface area contributed by atoms with Crippen molar-refractivity contribution in [1.82, 2.24) is 20.2 Å². The van der Waals surface area contributed by atoms with Gasteiger partial charge in [-0.3, -0.25) is 9.69 Å². The fraction of sp³-hybridized carbons (Fsp3) is 0.485. The maximum absolute atomic E-state index is 12.9. The lowest BCUT2D eigenvalue weighted by atomic mass is 9.82. The lowest BCUT2D eigenvalue weighted by Crippen LogP contribution is -2.66. The van der Waals surface area contributed by atoms with Crippen LogP contribution in [0.3, 0.4) is 0 Å². The molecule has 3 aliphatic rings. The molecule has 0 bridgehead atoms. The van der Waals surface area contributed by atoms with Gasteiger partial charge in [0.15, 0.2) is 0 Å². The van der Waals surface area contributed by atoms with Gasteiger partial charge in [-0.1, -0.05) is 56.3 Å². The van der Waals surface area contributed by atoms with E-state index in [-0.39, 0.29) is 11.4 Å². The minimum absolute atomic E-state index is 0.110. The van der Waals surface area contributed by atoms with Gasteiger partial charge < -0.3 is 20.4 Å². The summed E-state index contributed by atoms with van der Waals surface area (Å²) in [5.74, 6) is 1.86. The summed E-state index contributed by atoms with van der Waals surface area (Å²) in [6, 6.07) is 21.2. The zero-order valence-electron chi connectivity index (χ0n) is 24.5. The summed E-state index contributed by atoms with van der Waals surface area (Å²) >= 11 is 0. The Labute approximate surface area is 244 Å². The largest absolute Gasteiger partial charge is 0.366 e. The molecule has 0 unspecified atom stereocenters. The minimum atomic E-state index is -0.216. The number of benzene rings is 2. The molecule has 0 aliphatic carbocycles. The molecule has 3 fully saturated rings. The number of hydrogen-bond donors (Lipinski definition) is 2. The van der Waals surface area contributed by atoms with Gasteiger partial charge in [-0.05, 0) is 67.4 Å². The third-order valence-electron chi connectivity index (χ3n) is 9.16. The van der Waals surface area contributed by atoms with Crippen LogP contribution >= 0.6 is 0 Å². The molecule has 3 aliphatic heterocycles. The zero-order valence-corrected chi connectivity index (χ0v) is 24.5. The number of hydrogen-bond acceptors (Lipinski definition) is 7. The molecule has 1 spiro atoms. The van der Waals surface area contributed by atoms with Crippen molar-refractivity contribution in [2.75, 3.05) is 54.4 Å². The SMILES string of the molecule is CC1(C)CCN(Cc2ccc(N3CC(=O)NC4(CCN(c5cc(NCc6ccccc6)ncn5)CC4)C3)cc2)CC1. The fourth-order valence-electron chi connectivity index (χ4n) is 6.39. The van der Waals surface area contributed by atoms with E-state index in [0.717, 1.165) is 62.9 Å². The van der Waals surface area contributed by atoms with Crippen LogP contribution in [0.4, 0.5) is 17.3 Å². The second-order valence-corrected chi connectivity index (χ2v) is 12.9. The molecular formula is C33H43N7O. The number of piperazine rings is 1. The molecule has 6 rings (SSSR count). The predicted octanol–water partition coefficient (Wildman–Crippen LogP) is 4.69. The number of piperidine rings is 2. The second-order valence-electron chi connectivity index (χ2n) is 12.9. The van der Waals surface area contributed by atoms with E-state index >= 15 is 0 Å². The van der Waals surface area contributed by atoms with E-state index in [4.69, 9.17) is 0 Å². The maximum Gasteiger partial charge on any atom is 0.240 e. The topological polar surface area (TPSA) is 76.6 Å². The molecule has 3 aromatic rings. The highest BCUT2D eigenvalue weighted by atomic mass is 16.2. The number of aromatic nitrogens is 2. The molecule has 41 heavy (non-hydrogen) atoms. The van der Waals surface area contributed by atoms with Crippen molar-refractivity contribution in [2.24, 2.45) is 5.41 Å². The lowest BCUT2D eigenvalue weighted by Gasteiger charge is -2.48. The van der Waals surface area contributed by atoms with Crippen LogP contribution in [0.25, 0.3) is 0 Å². The normalized spacial score (nSPS) is 20.6. The van der Waals surface area contributed by atoms with Gasteiger partial charge in [-0.2, -0.15) is 0 Å². The van der Waals surface area contributed by atoms with E-state index in [9.17, 15) is 4.79 Å². The molecule has 0 atom stereocenters. The smallest absolute Gasteiger partial charge is 0.240 e. The Hall–Kier alpha value is -3.65. The second kappa shape index (κ2) is 11.7. The van der Waals surface area contributed by atoms with Crippen molar-refractivity contribution in [1.29, 1.82) is 0 Å². The van der Waals surface area contributed by atoms with Crippen LogP contribution in [0, 0.1) is 5.41 Å². The first kappa shape index (κ1) is 27.5. The van der Waals surface area contributed by atoms with Gasteiger partial charge >= 0.3 is 0 Å². The van der Waals surface area contributed by atoms with Gasteiger partial charge in [0.2, 0.25) is 5.91 Å². The number of nitrogens with zero attached hydrogens (tertiary/aromatic N) is 5. The van der Waals surface area contributed by atoms with Crippen LogP contribution < -0.4 is 20.4 Å². The first-order chi connectivity index (χ1) is 19.8. The first-order valence-corrected chi connectivity index (χ1v) is 15.1. The summed E-state index contributed by atoms with van der Waals surface area (Å²) in [6.07, 6.45) is 5.92. The Bertz CT molecular complexity index is 1310. The molecule has 1 amide bonds. The van der Waals surface area contributed by atoms with Crippen LogP contribution in [-0.4, -0.2) is 65.6 Å². The third kappa shape index (κ3) is 6.81. The van der Waals surface area contributed by atoms with Crippen LogP contribution in [0.15, 0.2) is 67.0 Å². The Balaban J connectivity index is 1.04. The Morgan fingerprint density at radius 2 is 1.59 bits per heavy atom. The average molecular weight is 554 g/mol. The molecule has 0 radical (unpaired) electrons.